The van der Waals surface area contributed by atoms with Gasteiger partial charge in [-0.25, -0.2) is 40.2 Å². The molecule has 4 aromatic rings. The molecule has 0 amide bonds. The normalized spacial score (nSPS) is 16.1. The summed E-state index contributed by atoms with van der Waals surface area (Å²) < 4.78 is 76.8. The van der Waals surface area contributed by atoms with Gasteiger partial charge < -0.3 is 11.1 Å². The molecule has 1 aliphatic rings. The van der Waals surface area contributed by atoms with E-state index in [9.17, 15) is 26.0 Å². The minimum absolute atomic E-state index is 0.128. The summed E-state index contributed by atoms with van der Waals surface area (Å²) in [6.45, 7) is -2.24. The molecule has 38 heavy (non-hydrogen) atoms. The SMILES string of the molecule is CNc1nc(N)nn2ccc(-c3ccc4nnn(C(CF)CF)c4n3)c12.CS(=O)(=O)N1CCCC(F)(F)C1. The third-order valence-electron chi connectivity index (χ3n) is 5.89. The summed E-state index contributed by atoms with van der Waals surface area (Å²) in [5.74, 6) is -2.18. The number of nitrogens with two attached hydrogens (primary N) is 1. The molecule has 1 saturated heterocycles. The molecule has 0 aromatic carbocycles. The van der Waals surface area contributed by atoms with Crippen LogP contribution in [0.5, 0.6) is 0 Å². The van der Waals surface area contributed by atoms with Gasteiger partial charge in [-0.15, -0.1) is 10.2 Å². The van der Waals surface area contributed by atoms with Crippen LogP contribution >= 0.6 is 0 Å². The Morgan fingerprint density at radius 2 is 1.92 bits per heavy atom. The predicted octanol–water partition coefficient (Wildman–Crippen LogP) is 2.32. The van der Waals surface area contributed by atoms with Crippen LogP contribution in [0, 0.1) is 0 Å². The second-order valence-electron chi connectivity index (χ2n) is 8.68. The lowest BCUT2D eigenvalue weighted by Crippen LogP contribution is -2.45. The molecule has 0 bridgehead atoms. The largest absolute Gasteiger partial charge is 0.371 e. The van der Waals surface area contributed by atoms with Crippen LogP contribution in [0.2, 0.25) is 0 Å². The number of hydrogen-bond donors (Lipinski definition) is 2. The zero-order chi connectivity index (χ0) is 27.7. The zero-order valence-electron chi connectivity index (χ0n) is 20.5. The highest BCUT2D eigenvalue weighted by Gasteiger charge is 2.38. The number of aromatic nitrogens is 7. The van der Waals surface area contributed by atoms with Crippen LogP contribution < -0.4 is 11.1 Å². The van der Waals surface area contributed by atoms with Gasteiger partial charge in [0.05, 0.1) is 18.5 Å². The first-order chi connectivity index (χ1) is 18.0. The van der Waals surface area contributed by atoms with Gasteiger partial charge in [0.2, 0.25) is 16.0 Å². The molecule has 5 rings (SSSR count). The summed E-state index contributed by atoms with van der Waals surface area (Å²) >= 11 is 0. The lowest BCUT2D eigenvalue weighted by molar-refractivity contribution is -0.0432. The van der Waals surface area contributed by atoms with E-state index in [1.54, 1.807) is 29.9 Å². The molecule has 0 aliphatic carbocycles. The molecule has 1 aliphatic heterocycles. The Labute approximate surface area is 214 Å². The second-order valence-corrected chi connectivity index (χ2v) is 10.7. The van der Waals surface area contributed by atoms with E-state index in [4.69, 9.17) is 5.73 Å². The minimum atomic E-state index is -3.44. The Morgan fingerprint density at radius 1 is 1.18 bits per heavy atom. The van der Waals surface area contributed by atoms with Crippen molar-refractivity contribution in [1.82, 2.24) is 38.9 Å². The number of sulfonamides is 1. The van der Waals surface area contributed by atoms with Gasteiger partial charge in [0.1, 0.15) is 30.4 Å². The summed E-state index contributed by atoms with van der Waals surface area (Å²) in [5.41, 5.74) is 8.46. The number of nitrogen functional groups attached to an aromatic ring is 1. The van der Waals surface area contributed by atoms with E-state index in [2.05, 4.69) is 30.7 Å². The smallest absolute Gasteiger partial charge is 0.261 e. The first kappa shape index (κ1) is 27.4. The molecule has 17 heteroatoms. The summed E-state index contributed by atoms with van der Waals surface area (Å²) in [7, 11) is -1.72. The maximum atomic E-state index is 13.1. The lowest BCUT2D eigenvalue weighted by Gasteiger charge is -2.30. The van der Waals surface area contributed by atoms with Gasteiger partial charge in [-0.2, -0.15) is 9.29 Å². The average Bonchev–Trinajstić information content (AvgIpc) is 3.48. The molecule has 0 unspecified atom stereocenters. The van der Waals surface area contributed by atoms with Crippen LogP contribution in [-0.4, -0.2) is 93.0 Å². The highest BCUT2D eigenvalue weighted by Crippen LogP contribution is 2.30. The van der Waals surface area contributed by atoms with E-state index in [0.29, 0.717) is 28.2 Å². The standard InChI is InChI=1S/C15H15F2N9.C6H11F2NO2S/c1-19-13-12-9(4-5-25(12)23-15(18)21-13)10-2-3-11-14(20-10)26(24-22-11)8(6-16)7-17;1-12(10,11)9-4-2-3-6(7,8)5-9/h2-5,8H,6-7H2,1H3,(H3,18,19,21,23);2-5H2,1H3. The average molecular weight is 559 g/mol. The molecule has 206 valence electrons. The highest BCUT2D eigenvalue weighted by molar-refractivity contribution is 7.88. The quantitative estimate of drug-likeness (QED) is 0.340. The van der Waals surface area contributed by atoms with Crippen molar-refractivity contribution in [3.8, 4) is 11.3 Å². The van der Waals surface area contributed by atoms with Gasteiger partial charge >= 0.3 is 0 Å². The molecular formula is C21H26F4N10O2S. The van der Waals surface area contributed by atoms with Crippen molar-refractivity contribution in [2.24, 2.45) is 0 Å². The van der Waals surface area contributed by atoms with Gasteiger partial charge in [0, 0.05) is 31.8 Å². The van der Waals surface area contributed by atoms with Gasteiger partial charge in [0.15, 0.2) is 11.5 Å². The van der Waals surface area contributed by atoms with Crippen molar-refractivity contribution in [2.75, 3.05) is 50.8 Å². The van der Waals surface area contributed by atoms with Crippen molar-refractivity contribution in [1.29, 1.82) is 0 Å². The number of hydrogen-bond acceptors (Lipinski definition) is 9. The van der Waals surface area contributed by atoms with Crippen molar-refractivity contribution in [2.45, 2.75) is 24.8 Å². The van der Waals surface area contributed by atoms with Crippen LogP contribution in [0.25, 0.3) is 27.9 Å². The van der Waals surface area contributed by atoms with E-state index in [0.717, 1.165) is 16.1 Å². The topological polar surface area (TPSA) is 149 Å². The zero-order valence-corrected chi connectivity index (χ0v) is 21.3. The lowest BCUT2D eigenvalue weighted by atomic mass is 10.1. The maximum Gasteiger partial charge on any atom is 0.261 e. The number of pyridine rings is 1. The number of halogens is 4. The fraction of sp³-hybridized carbons (Fsp3) is 0.476. The van der Waals surface area contributed by atoms with E-state index >= 15 is 0 Å². The van der Waals surface area contributed by atoms with E-state index < -0.39 is 41.9 Å². The fourth-order valence-corrected chi connectivity index (χ4v) is 4.91. The number of anilines is 2. The minimum Gasteiger partial charge on any atom is -0.371 e. The van der Waals surface area contributed by atoms with Gasteiger partial charge in [0.25, 0.3) is 5.92 Å². The Kier molecular flexibility index (Phi) is 7.68. The number of nitrogens with zero attached hydrogens (tertiary/aromatic N) is 8. The molecule has 0 atom stereocenters. The molecular weight excluding hydrogens is 532 g/mol. The van der Waals surface area contributed by atoms with E-state index in [1.807, 2.05) is 6.07 Å². The number of nitrogens with one attached hydrogen (secondary N) is 1. The Balaban J connectivity index is 0.000000236. The summed E-state index contributed by atoms with van der Waals surface area (Å²) in [4.78, 5) is 8.70. The fourth-order valence-electron chi connectivity index (χ4n) is 4.03. The van der Waals surface area contributed by atoms with Gasteiger partial charge in [-0.3, -0.25) is 0 Å². The second kappa shape index (κ2) is 10.6. The summed E-state index contributed by atoms with van der Waals surface area (Å²) in [6, 6.07) is 4.22. The van der Waals surface area contributed by atoms with Gasteiger partial charge in [-0.05, 0) is 24.6 Å². The molecule has 12 nitrogen and oxygen atoms in total. The molecule has 0 radical (unpaired) electrons. The first-order valence-electron chi connectivity index (χ1n) is 11.5. The van der Waals surface area contributed by atoms with Crippen molar-refractivity contribution >= 4 is 38.5 Å². The monoisotopic (exact) mass is 558 g/mol. The van der Waals surface area contributed by atoms with E-state index in [1.165, 1.54) is 4.68 Å². The Hall–Kier alpha value is -3.60. The Morgan fingerprint density at radius 3 is 2.53 bits per heavy atom. The number of rotatable bonds is 6. The summed E-state index contributed by atoms with van der Waals surface area (Å²) in [5, 5.41) is 14.9. The molecule has 4 aromatic heterocycles. The van der Waals surface area contributed by atoms with E-state index in [-0.39, 0.29) is 25.3 Å². The van der Waals surface area contributed by atoms with Crippen LogP contribution in [-0.2, 0) is 10.0 Å². The first-order valence-corrected chi connectivity index (χ1v) is 13.3. The van der Waals surface area contributed by atoms with Crippen LogP contribution in [0.4, 0.5) is 29.3 Å². The van der Waals surface area contributed by atoms with Crippen LogP contribution in [0.15, 0.2) is 24.4 Å². The number of fused-ring (bicyclic) bond motifs is 2. The van der Waals surface area contributed by atoms with Crippen LogP contribution in [0.1, 0.15) is 18.9 Å². The Bertz CT molecular complexity index is 1540. The van der Waals surface area contributed by atoms with Gasteiger partial charge in [-0.1, -0.05) is 5.21 Å². The molecule has 1 fully saturated rings. The van der Waals surface area contributed by atoms with Crippen LogP contribution in [0.3, 0.4) is 0 Å². The molecule has 3 N–H and O–H groups in total. The number of piperidine rings is 1. The number of alkyl halides is 4. The summed E-state index contributed by atoms with van der Waals surface area (Å²) in [6.07, 6.45) is 2.71. The molecule has 0 saturated carbocycles. The molecule has 5 heterocycles. The van der Waals surface area contributed by atoms with Crippen molar-refractivity contribution in [3.05, 3.63) is 24.4 Å². The third-order valence-corrected chi connectivity index (χ3v) is 7.14. The predicted molar refractivity (Wildman–Crippen MR) is 133 cm³/mol. The third kappa shape index (κ3) is 5.62. The maximum absolute atomic E-state index is 13.1. The van der Waals surface area contributed by atoms with Crippen molar-refractivity contribution < 1.29 is 26.0 Å². The molecule has 0 spiro atoms. The highest BCUT2D eigenvalue weighted by atomic mass is 32.2. The van der Waals surface area contributed by atoms with Crippen molar-refractivity contribution in [3.63, 3.8) is 0 Å².